The van der Waals surface area contributed by atoms with Gasteiger partial charge in [-0.05, 0) is 43.6 Å². The summed E-state index contributed by atoms with van der Waals surface area (Å²) in [6.07, 6.45) is 3.71. The van der Waals surface area contributed by atoms with Crippen LogP contribution in [0.4, 0.5) is 5.69 Å². The number of anilines is 1. The maximum Gasteiger partial charge on any atom is 0.173 e. The second-order valence-corrected chi connectivity index (χ2v) is 5.96. The SMILES string of the molecule is CC(C)CCCC(C)NC(=S)N(C)c1ccccc1. The van der Waals surface area contributed by atoms with E-state index in [0.29, 0.717) is 6.04 Å². The number of nitrogens with zero attached hydrogens (tertiary/aromatic N) is 1. The standard InChI is InChI=1S/C16H26N2S/c1-13(2)9-8-10-14(3)17-16(19)18(4)15-11-6-5-7-12-15/h5-7,11-14H,8-10H2,1-4H3,(H,17,19). The fraction of sp³-hybridized carbons (Fsp3) is 0.562. The van der Waals surface area contributed by atoms with Gasteiger partial charge in [-0.3, -0.25) is 0 Å². The summed E-state index contributed by atoms with van der Waals surface area (Å²) in [6.45, 7) is 6.74. The highest BCUT2D eigenvalue weighted by atomic mass is 32.1. The third-order valence-corrected chi connectivity index (χ3v) is 3.63. The Morgan fingerprint density at radius 2 is 1.79 bits per heavy atom. The molecule has 0 spiro atoms. The highest BCUT2D eigenvalue weighted by Crippen LogP contribution is 2.12. The summed E-state index contributed by atoms with van der Waals surface area (Å²) in [5.74, 6) is 0.783. The molecule has 106 valence electrons. The zero-order chi connectivity index (χ0) is 14.3. The largest absolute Gasteiger partial charge is 0.360 e. The van der Waals surface area contributed by atoms with Crippen molar-refractivity contribution in [1.82, 2.24) is 5.32 Å². The molecule has 1 rings (SSSR count). The molecule has 0 radical (unpaired) electrons. The molecule has 2 nitrogen and oxygen atoms in total. The minimum absolute atomic E-state index is 0.428. The van der Waals surface area contributed by atoms with E-state index in [0.717, 1.165) is 16.7 Å². The van der Waals surface area contributed by atoms with Gasteiger partial charge >= 0.3 is 0 Å². The van der Waals surface area contributed by atoms with Crippen molar-refractivity contribution in [3.8, 4) is 0 Å². The van der Waals surface area contributed by atoms with Gasteiger partial charge < -0.3 is 10.2 Å². The van der Waals surface area contributed by atoms with Crippen LogP contribution in [0.15, 0.2) is 30.3 Å². The van der Waals surface area contributed by atoms with Crippen LogP contribution in [0.1, 0.15) is 40.0 Å². The molecule has 0 saturated heterocycles. The molecule has 0 aliphatic rings. The summed E-state index contributed by atoms with van der Waals surface area (Å²) in [5.41, 5.74) is 1.12. The Labute approximate surface area is 123 Å². The lowest BCUT2D eigenvalue weighted by molar-refractivity contribution is 0.494. The molecule has 0 bridgehead atoms. The molecular weight excluding hydrogens is 252 g/mol. The van der Waals surface area contributed by atoms with Crippen LogP contribution in [0, 0.1) is 5.92 Å². The molecule has 0 heterocycles. The molecule has 19 heavy (non-hydrogen) atoms. The Bertz CT molecular complexity index is 376. The van der Waals surface area contributed by atoms with Crippen LogP contribution in [0.5, 0.6) is 0 Å². The predicted octanol–water partition coefficient (Wildman–Crippen LogP) is 4.21. The first kappa shape index (κ1) is 16.0. The highest BCUT2D eigenvalue weighted by Gasteiger charge is 2.09. The van der Waals surface area contributed by atoms with Gasteiger partial charge in [0.15, 0.2) is 5.11 Å². The smallest absolute Gasteiger partial charge is 0.173 e. The normalized spacial score (nSPS) is 12.3. The van der Waals surface area contributed by atoms with Crippen molar-refractivity contribution in [2.75, 3.05) is 11.9 Å². The number of benzene rings is 1. The summed E-state index contributed by atoms with van der Waals surface area (Å²) in [6, 6.07) is 10.6. The molecular formula is C16H26N2S. The van der Waals surface area contributed by atoms with Gasteiger partial charge in [0.2, 0.25) is 0 Å². The summed E-state index contributed by atoms with van der Waals surface area (Å²) in [7, 11) is 2.01. The quantitative estimate of drug-likeness (QED) is 0.785. The Morgan fingerprint density at radius 1 is 1.16 bits per heavy atom. The zero-order valence-corrected chi connectivity index (χ0v) is 13.3. The van der Waals surface area contributed by atoms with E-state index < -0.39 is 0 Å². The minimum Gasteiger partial charge on any atom is -0.360 e. The van der Waals surface area contributed by atoms with E-state index in [1.54, 1.807) is 0 Å². The fourth-order valence-electron chi connectivity index (χ4n) is 1.98. The number of rotatable bonds is 6. The second kappa shape index (κ2) is 8.16. The summed E-state index contributed by atoms with van der Waals surface area (Å²) in [5, 5.41) is 4.20. The van der Waals surface area contributed by atoms with Crippen molar-refractivity contribution in [1.29, 1.82) is 0 Å². The number of hydrogen-bond acceptors (Lipinski definition) is 1. The molecule has 0 aliphatic carbocycles. The van der Waals surface area contributed by atoms with E-state index >= 15 is 0 Å². The van der Waals surface area contributed by atoms with Gasteiger partial charge in [-0.1, -0.05) is 44.9 Å². The van der Waals surface area contributed by atoms with E-state index in [9.17, 15) is 0 Å². The molecule has 1 N–H and O–H groups in total. The Morgan fingerprint density at radius 3 is 2.37 bits per heavy atom. The topological polar surface area (TPSA) is 15.3 Å². The third kappa shape index (κ3) is 6.06. The van der Waals surface area contributed by atoms with E-state index in [4.69, 9.17) is 12.2 Å². The molecule has 3 heteroatoms. The predicted molar refractivity (Wildman–Crippen MR) is 88.7 cm³/mol. The van der Waals surface area contributed by atoms with Crippen molar-refractivity contribution in [2.45, 2.75) is 46.1 Å². The highest BCUT2D eigenvalue weighted by molar-refractivity contribution is 7.80. The summed E-state index contributed by atoms with van der Waals surface area (Å²) in [4.78, 5) is 2.02. The molecule has 1 aromatic carbocycles. The first-order chi connectivity index (χ1) is 9.00. The molecule has 1 atom stereocenters. The van der Waals surface area contributed by atoms with Gasteiger partial charge in [0, 0.05) is 18.8 Å². The van der Waals surface area contributed by atoms with Crippen molar-refractivity contribution in [3.05, 3.63) is 30.3 Å². The Kier molecular flexibility index (Phi) is 6.85. The molecule has 0 aromatic heterocycles. The van der Waals surface area contributed by atoms with E-state index in [2.05, 4.69) is 38.2 Å². The van der Waals surface area contributed by atoms with Crippen molar-refractivity contribution in [2.24, 2.45) is 5.92 Å². The number of nitrogens with one attached hydrogen (secondary N) is 1. The van der Waals surface area contributed by atoms with Crippen molar-refractivity contribution >= 4 is 23.0 Å². The monoisotopic (exact) mass is 278 g/mol. The van der Waals surface area contributed by atoms with Crippen LogP contribution in [-0.4, -0.2) is 18.2 Å². The van der Waals surface area contributed by atoms with Crippen LogP contribution < -0.4 is 10.2 Å². The number of thiocarbonyl (C=S) groups is 1. The van der Waals surface area contributed by atoms with Crippen LogP contribution in [0.3, 0.4) is 0 Å². The molecule has 0 saturated carbocycles. The Balaban J connectivity index is 2.37. The lowest BCUT2D eigenvalue weighted by atomic mass is 10.0. The zero-order valence-electron chi connectivity index (χ0n) is 12.5. The van der Waals surface area contributed by atoms with Crippen molar-refractivity contribution in [3.63, 3.8) is 0 Å². The lowest BCUT2D eigenvalue weighted by Gasteiger charge is -2.24. The first-order valence-electron chi connectivity index (χ1n) is 7.10. The molecule has 0 fully saturated rings. The van der Waals surface area contributed by atoms with Gasteiger partial charge in [0.25, 0.3) is 0 Å². The van der Waals surface area contributed by atoms with Crippen LogP contribution in [0.2, 0.25) is 0 Å². The second-order valence-electron chi connectivity index (χ2n) is 5.57. The van der Waals surface area contributed by atoms with Gasteiger partial charge in [-0.25, -0.2) is 0 Å². The summed E-state index contributed by atoms with van der Waals surface area (Å²) < 4.78 is 0. The van der Waals surface area contributed by atoms with E-state index in [1.807, 2.05) is 30.1 Å². The summed E-state index contributed by atoms with van der Waals surface area (Å²) >= 11 is 5.45. The average molecular weight is 278 g/mol. The fourth-order valence-corrected chi connectivity index (χ4v) is 2.29. The molecule has 0 aliphatic heterocycles. The maximum absolute atomic E-state index is 5.45. The van der Waals surface area contributed by atoms with E-state index in [-0.39, 0.29) is 0 Å². The van der Waals surface area contributed by atoms with Crippen LogP contribution in [0.25, 0.3) is 0 Å². The Hall–Kier alpha value is -1.09. The van der Waals surface area contributed by atoms with Gasteiger partial charge in [0.05, 0.1) is 0 Å². The lowest BCUT2D eigenvalue weighted by Crippen LogP contribution is -2.41. The van der Waals surface area contributed by atoms with Gasteiger partial charge in [-0.2, -0.15) is 0 Å². The number of hydrogen-bond donors (Lipinski definition) is 1. The maximum atomic E-state index is 5.45. The number of para-hydroxylation sites is 1. The molecule has 1 unspecified atom stereocenters. The third-order valence-electron chi connectivity index (χ3n) is 3.24. The van der Waals surface area contributed by atoms with Crippen molar-refractivity contribution < 1.29 is 0 Å². The van der Waals surface area contributed by atoms with Crippen LogP contribution in [-0.2, 0) is 0 Å². The van der Waals surface area contributed by atoms with Gasteiger partial charge in [0.1, 0.15) is 0 Å². The van der Waals surface area contributed by atoms with Crippen LogP contribution >= 0.6 is 12.2 Å². The van der Waals surface area contributed by atoms with E-state index in [1.165, 1.54) is 19.3 Å². The molecule has 1 aromatic rings. The van der Waals surface area contributed by atoms with Gasteiger partial charge in [-0.15, -0.1) is 0 Å². The average Bonchev–Trinajstić information content (AvgIpc) is 2.38. The molecule has 0 amide bonds. The minimum atomic E-state index is 0.428. The first-order valence-corrected chi connectivity index (χ1v) is 7.50.